The van der Waals surface area contributed by atoms with Gasteiger partial charge in [0.15, 0.2) is 0 Å². The van der Waals surface area contributed by atoms with Gasteiger partial charge in [0.2, 0.25) is 11.8 Å². The molecular formula is C12H15N3O3S. The highest BCUT2D eigenvalue weighted by Gasteiger charge is 2.22. The first kappa shape index (κ1) is 13.5. The van der Waals surface area contributed by atoms with Gasteiger partial charge in [0.25, 0.3) is 0 Å². The average Bonchev–Trinajstić information content (AvgIpc) is 2.75. The lowest BCUT2D eigenvalue weighted by Gasteiger charge is -2.14. The quantitative estimate of drug-likeness (QED) is 0.796. The largest absolute Gasteiger partial charge is 0.495 e. The molecular weight excluding hydrogens is 266 g/mol. The highest BCUT2D eigenvalue weighted by molar-refractivity contribution is 8.00. The van der Waals surface area contributed by atoms with Crippen molar-refractivity contribution in [3.8, 4) is 5.75 Å². The van der Waals surface area contributed by atoms with E-state index in [0.29, 0.717) is 28.8 Å². The molecule has 0 bridgehead atoms. The van der Waals surface area contributed by atoms with Gasteiger partial charge in [-0.2, -0.15) is 0 Å². The van der Waals surface area contributed by atoms with Crippen LogP contribution in [0.25, 0.3) is 0 Å². The Morgan fingerprint density at radius 3 is 2.95 bits per heavy atom. The van der Waals surface area contributed by atoms with Crippen molar-refractivity contribution in [3.63, 3.8) is 0 Å². The predicted octanol–water partition coefficient (Wildman–Crippen LogP) is 0.749. The summed E-state index contributed by atoms with van der Waals surface area (Å²) in [5.41, 5.74) is 6.79. The van der Waals surface area contributed by atoms with Crippen molar-refractivity contribution in [1.29, 1.82) is 0 Å². The number of amides is 2. The number of nitrogens with one attached hydrogen (secondary N) is 1. The summed E-state index contributed by atoms with van der Waals surface area (Å²) < 4.78 is 5.03. The van der Waals surface area contributed by atoms with Crippen LogP contribution in [0.2, 0.25) is 0 Å². The van der Waals surface area contributed by atoms with Crippen LogP contribution in [0, 0.1) is 0 Å². The number of hydrogen-bond acceptors (Lipinski definition) is 5. The zero-order valence-electron chi connectivity index (χ0n) is 10.5. The van der Waals surface area contributed by atoms with Crippen LogP contribution in [-0.2, 0) is 9.59 Å². The Bertz CT molecular complexity index is 507. The fourth-order valence-corrected chi connectivity index (χ4v) is 2.63. The highest BCUT2D eigenvalue weighted by atomic mass is 32.2. The maximum Gasteiger partial charge on any atom is 0.244 e. The first-order valence-electron chi connectivity index (χ1n) is 5.69. The monoisotopic (exact) mass is 281 g/mol. The molecule has 102 valence electrons. The third kappa shape index (κ3) is 3.31. The molecule has 6 nitrogen and oxygen atoms in total. The minimum absolute atomic E-state index is 0.00519. The fourth-order valence-electron chi connectivity index (χ4n) is 1.73. The predicted molar refractivity (Wildman–Crippen MR) is 75.1 cm³/mol. The van der Waals surface area contributed by atoms with Crippen molar-refractivity contribution in [3.05, 3.63) is 18.2 Å². The van der Waals surface area contributed by atoms with Crippen LogP contribution in [0.5, 0.6) is 5.75 Å². The van der Waals surface area contributed by atoms with E-state index >= 15 is 0 Å². The fraction of sp³-hybridized carbons (Fsp3) is 0.333. The maximum atomic E-state index is 11.8. The van der Waals surface area contributed by atoms with Crippen LogP contribution in [0.3, 0.4) is 0 Å². The Kier molecular flexibility index (Phi) is 4.16. The Labute approximate surface area is 115 Å². The van der Waals surface area contributed by atoms with Gasteiger partial charge in [0.05, 0.1) is 24.4 Å². The molecule has 0 saturated carbocycles. The molecule has 0 atom stereocenters. The number of thioether (sulfide) groups is 1. The Morgan fingerprint density at radius 2 is 2.37 bits per heavy atom. The number of benzene rings is 1. The zero-order valence-corrected chi connectivity index (χ0v) is 11.3. The lowest BCUT2D eigenvalue weighted by molar-refractivity contribution is -0.130. The standard InChI is InChI=1S/C12H15N3O3S/c1-18-10-3-2-8(4-9(10)13)14-11(16)5-15-7-19-6-12(15)17/h2-4H,5-7,13H2,1H3,(H,14,16). The molecule has 1 aliphatic heterocycles. The van der Waals surface area contributed by atoms with E-state index in [1.54, 1.807) is 18.2 Å². The number of carbonyl (C=O) groups is 2. The summed E-state index contributed by atoms with van der Waals surface area (Å²) in [6.45, 7) is 0.0672. The van der Waals surface area contributed by atoms with E-state index in [1.165, 1.54) is 23.8 Å². The van der Waals surface area contributed by atoms with E-state index in [9.17, 15) is 9.59 Å². The van der Waals surface area contributed by atoms with Crippen molar-refractivity contribution < 1.29 is 14.3 Å². The molecule has 0 unspecified atom stereocenters. The summed E-state index contributed by atoms with van der Waals surface area (Å²) in [5, 5.41) is 2.70. The SMILES string of the molecule is COc1ccc(NC(=O)CN2CSCC2=O)cc1N. The third-order valence-corrected chi connectivity index (χ3v) is 3.62. The normalized spacial score (nSPS) is 14.6. The molecule has 2 rings (SSSR count). The van der Waals surface area contributed by atoms with Crippen LogP contribution in [-0.4, -0.2) is 42.0 Å². The van der Waals surface area contributed by atoms with E-state index in [0.717, 1.165) is 0 Å². The van der Waals surface area contributed by atoms with Crippen molar-refractivity contribution >= 4 is 35.0 Å². The minimum Gasteiger partial charge on any atom is -0.495 e. The molecule has 2 amide bonds. The molecule has 19 heavy (non-hydrogen) atoms. The number of anilines is 2. The minimum atomic E-state index is -0.236. The number of rotatable bonds is 4. The molecule has 1 saturated heterocycles. The number of nitrogens with zero attached hydrogens (tertiary/aromatic N) is 1. The van der Waals surface area contributed by atoms with Crippen molar-refractivity contribution in [2.75, 3.05) is 36.3 Å². The topological polar surface area (TPSA) is 84.7 Å². The molecule has 0 radical (unpaired) electrons. The van der Waals surface area contributed by atoms with E-state index in [4.69, 9.17) is 10.5 Å². The summed E-state index contributed by atoms with van der Waals surface area (Å²) in [4.78, 5) is 24.7. The number of methoxy groups -OCH3 is 1. The summed E-state index contributed by atoms with van der Waals surface area (Å²) >= 11 is 1.51. The van der Waals surface area contributed by atoms with Gasteiger partial charge in [-0.3, -0.25) is 9.59 Å². The molecule has 0 spiro atoms. The molecule has 1 fully saturated rings. The summed E-state index contributed by atoms with van der Waals surface area (Å²) in [6.07, 6.45) is 0. The Hall–Kier alpha value is -1.89. The van der Waals surface area contributed by atoms with Crippen molar-refractivity contribution in [2.45, 2.75) is 0 Å². The van der Waals surface area contributed by atoms with Gasteiger partial charge in [0.1, 0.15) is 12.3 Å². The van der Waals surface area contributed by atoms with E-state index in [1.807, 2.05) is 0 Å². The average molecular weight is 281 g/mol. The summed E-state index contributed by atoms with van der Waals surface area (Å²) in [5.74, 6) is 1.33. The van der Waals surface area contributed by atoms with Crippen LogP contribution in [0.4, 0.5) is 11.4 Å². The van der Waals surface area contributed by atoms with Crippen molar-refractivity contribution in [1.82, 2.24) is 4.90 Å². The first-order chi connectivity index (χ1) is 9.10. The second-order valence-corrected chi connectivity index (χ2v) is 5.03. The van der Waals surface area contributed by atoms with Crippen molar-refractivity contribution in [2.24, 2.45) is 0 Å². The number of ether oxygens (including phenoxy) is 1. The molecule has 1 heterocycles. The van der Waals surface area contributed by atoms with Crippen LogP contribution in [0.1, 0.15) is 0 Å². The van der Waals surface area contributed by atoms with Crippen LogP contribution in [0.15, 0.2) is 18.2 Å². The van der Waals surface area contributed by atoms with Gasteiger partial charge in [-0.05, 0) is 18.2 Å². The summed E-state index contributed by atoms with van der Waals surface area (Å²) in [6, 6.07) is 5.01. The smallest absolute Gasteiger partial charge is 0.244 e. The summed E-state index contributed by atoms with van der Waals surface area (Å²) in [7, 11) is 1.53. The second-order valence-electron chi connectivity index (χ2n) is 4.07. The van der Waals surface area contributed by atoms with Crippen LogP contribution >= 0.6 is 11.8 Å². The molecule has 0 aromatic heterocycles. The van der Waals surface area contributed by atoms with Crippen LogP contribution < -0.4 is 15.8 Å². The van der Waals surface area contributed by atoms with E-state index in [-0.39, 0.29) is 18.4 Å². The number of carbonyl (C=O) groups excluding carboxylic acids is 2. The number of nitrogens with two attached hydrogens (primary N) is 1. The van der Waals surface area contributed by atoms with E-state index in [2.05, 4.69) is 5.32 Å². The number of nitrogen functional groups attached to an aromatic ring is 1. The van der Waals surface area contributed by atoms with Gasteiger partial charge in [-0.15, -0.1) is 11.8 Å². The molecule has 1 aromatic carbocycles. The Balaban J connectivity index is 1.95. The van der Waals surface area contributed by atoms with E-state index < -0.39 is 0 Å². The van der Waals surface area contributed by atoms with Gasteiger partial charge in [0, 0.05) is 5.69 Å². The van der Waals surface area contributed by atoms with Gasteiger partial charge in [-0.25, -0.2) is 0 Å². The molecule has 1 aromatic rings. The molecule has 1 aliphatic rings. The Morgan fingerprint density at radius 1 is 1.58 bits per heavy atom. The lowest BCUT2D eigenvalue weighted by Crippen LogP contribution is -2.34. The first-order valence-corrected chi connectivity index (χ1v) is 6.84. The molecule has 7 heteroatoms. The lowest BCUT2D eigenvalue weighted by atomic mass is 10.2. The zero-order chi connectivity index (χ0) is 13.8. The third-order valence-electron chi connectivity index (χ3n) is 2.67. The molecule has 0 aliphatic carbocycles. The van der Waals surface area contributed by atoms with Gasteiger partial charge < -0.3 is 20.7 Å². The van der Waals surface area contributed by atoms with Gasteiger partial charge in [-0.1, -0.05) is 0 Å². The highest BCUT2D eigenvalue weighted by Crippen LogP contribution is 2.24. The number of hydrogen-bond donors (Lipinski definition) is 2. The van der Waals surface area contributed by atoms with Gasteiger partial charge >= 0.3 is 0 Å². The maximum absolute atomic E-state index is 11.8. The molecule has 3 N–H and O–H groups in total. The second kappa shape index (κ2) is 5.83.